The minimum absolute atomic E-state index is 0.175. The molecule has 0 aliphatic carbocycles. The fourth-order valence-electron chi connectivity index (χ4n) is 1.23. The molecule has 0 radical (unpaired) electrons. The van der Waals surface area contributed by atoms with E-state index < -0.39 is 5.97 Å². The average molecular weight is 288 g/mol. The van der Waals surface area contributed by atoms with Crippen LogP contribution < -0.4 is 10.1 Å². The second-order valence-corrected chi connectivity index (χ2v) is 4.12. The Balaban J connectivity index is 2.49. The molecule has 2 N–H and O–H groups in total. The molecule has 88 valence electrons. The van der Waals surface area contributed by atoms with E-state index >= 15 is 0 Å². The van der Waals surface area contributed by atoms with Crippen molar-refractivity contribution >= 4 is 27.6 Å². The molecule has 5 heteroatoms. The molecule has 0 aromatic heterocycles. The average Bonchev–Trinajstić information content (AvgIpc) is 2.26. The van der Waals surface area contributed by atoms with Gasteiger partial charge in [-0.3, -0.25) is 4.79 Å². The SMILES string of the molecule is COc1ccc(Br)c(NCCCC(=O)O)c1. The van der Waals surface area contributed by atoms with Gasteiger partial charge in [0.2, 0.25) is 0 Å². The lowest BCUT2D eigenvalue weighted by atomic mass is 10.2. The molecule has 0 amide bonds. The Bertz CT molecular complexity index is 368. The summed E-state index contributed by atoms with van der Waals surface area (Å²) in [5.41, 5.74) is 0.907. The fraction of sp³-hybridized carbons (Fsp3) is 0.364. The smallest absolute Gasteiger partial charge is 0.303 e. The van der Waals surface area contributed by atoms with Crippen LogP contribution in [0.25, 0.3) is 0 Å². The first-order chi connectivity index (χ1) is 7.63. The molecule has 0 unspecified atom stereocenters. The number of anilines is 1. The molecule has 0 bridgehead atoms. The van der Waals surface area contributed by atoms with E-state index in [-0.39, 0.29) is 6.42 Å². The Kier molecular flexibility index (Phi) is 5.11. The van der Waals surface area contributed by atoms with E-state index in [4.69, 9.17) is 9.84 Å². The van der Waals surface area contributed by atoms with Gasteiger partial charge in [-0.2, -0.15) is 0 Å². The largest absolute Gasteiger partial charge is 0.497 e. The minimum atomic E-state index is -0.772. The maximum Gasteiger partial charge on any atom is 0.303 e. The Morgan fingerprint density at radius 3 is 2.94 bits per heavy atom. The zero-order valence-corrected chi connectivity index (χ0v) is 10.6. The van der Waals surface area contributed by atoms with E-state index in [0.717, 1.165) is 15.9 Å². The molecule has 0 heterocycles. The van der Waals surface area contributed by atoms with Crippen molar-refractivity contribution < 1.29 is 14.6 Å². The van der Waals surface area contributed by atoms with Gasteiger partial charge in [-0.05, 0) is 34.5 Å². The van der Waals surface area contributed by atoms with Crippen LogP contribution in [0.3, 0.4) is 0 Å². The molecule has 0 aliphatic rings. The van der Waals surface area contributed by atoms with Gasteiger partial charge in [-0.25, -0.2) is 0 Å². The summed E-state index contributed by atoms with van der Waals surface area (Å²) < 4.78 is 6.03. The number of aliphatic carboxylic acids is 1. The number of carboxylic acids is 1. The van der Waals surface area contributed by atoms with Gasteiger partial charge in [0, 0.05) is 23.5 Å². The monoisotopic (exact) mass is 287 g/mol. The van der Waals surface area contributed by atoms with Crippen molar-refractivity contribution in [3.63, 3.8) is 0 Å². The highest BCUT2D eigenvalue weighted by Gasteiger charge is 2.02. The Morgan fingerprint density at radius 2 is 2.31 bits per heavy atom. The predicted octanol–water partition coefficient (Wildman–Crippen LogP) is 2.73. The van der Waals surface area contributed by atoms with E-state index in [1.54, 1.807) is 7.11 Å². The van der Waals surface area contributed by atoms with Crippen molar-refractivity contribution in [3.05, 3.63) is 22.7 Å². The number of ether oxygens (including phenoxy) is 1. The van der Waals surface area contributed by atoms with Crippen molar-refractivity contribution in [1.29, 1.82) is 0 Å². The molecule has 1 aromatic rings. The first-order valence-electron chi connectivity index (χ1n) is 4.92. The van der Waals surface area contributed by atoms with Crippen LogP contribution in [0, 0.1) is 0 Å². The minimum Gasteiger partial charge on any atom is -0.497 e. The van der Waals surface area contributed by atoms with Crippen LogP contribution in [0.2, 0.25) is 0 Å². The van der Waals surface area contributed by atoms with Gasteiger partial charge in [-0.15, -0.1) is 0 Å². The Morgan fingerprint density at radius 1 is 1.56 bits per heavy atom. The normalized spacial score (nSPS) is 9.88. The zero-order valence-electron chi connectivity index (χ0n) is 9.00. The molecular weight excluding hydrogens is 274 g/mol. The maximum atomic E-state index is 10.3. The number of halogens is 1. The number of carbonyl (C=O) groups is 1. The van der Waals surface area contributed by atoms with Crippen molar-refractivity contribution in [2.75, 3.05) is 19.0 Å². The first kappa shape index (κ1) is 12.8. The summed E-state index contributed by atoms with van der Waals surface area (Å²) in [6, 6.07) is 5.61. The summed E-state index contributed by atoms with van der Waals surface area (Å²) >= 11 is 3.41. The molecular formula is C11H14BrNO3. The highest BCUT2D eigenvalue weighted by molar-refractivity contribution is 9.10. The predicted molar refractivity (Wildman–Crippen MR) is 66.1 cm³/mol. The van der Waals surface area contributed by atoms with Crippen molar-refractivity contribution in [1.82, 2.24) is 0 Å². The van der Waals surface area contributed by atoms with Crippen molar-refractivity contribution in [3.8, 4) is 5.75 Å². The van der Waals surface area contributed by atoms with Crippen LogP contribution in [0.4, 0.5) is 5.69 Å². The number of nitrogens with one attached hydrogen (secondary N) is 1. The highest BCUT2D eigenvalue weighted by Crippen LogP contribution is 2.26. The number of hydrogen-bond donors (Lipinski definition) is 2. The van der Waals surface area contributed by atoms with Crippen molar-refractivity contribution in [2.45, 2.75) is 12.8 Å². The van der Waals surface area contributed by atoms with E-state index in [1.807, 2.05) is 18.2 Å². The molecule has 1 rings (SSSR count). The summed E-state index contributed by atoms with van der Waals surface area (Å²) in [6.07, 6.45) is 0.771. The van der Waals surface area contributed by atoms with Gasteiger partial charge in [0.1, 0.15) is 5.75 Å². The van der Waals surface area contributed by atoms with Gasteiger partial charge in [0.15, 0.2) is 0 Å². The Hall–Kier alpha value is -1.23. The molecule has 0 atom stereocenters. The lowest BCUT2D eigenvalue weighted by Gasteiger charge is -2.09. The van der Waals surface area contributed by atoms with Gasteiger partial charge in [-0.1, -0.05) is 0 Å². The number of methoxy groups -OCH3 is 1. The second-order valence-electron chi connectivity index (χ2n) is 3.27. The molecule has 16 heavy (non-hydrogen) atoms. The standard InChI is InChI=1S/C11H14BrNO3/c1-16-8-4-5-9(12)10(7-8)13-6-2-3-11(14)15/h4-5,7,13H,2-3,6H2,1H3,(H,14,15). The van der Waals surface area contributed by atoms with Crippen LogP contribution in [0.1, 0.15) is 12.8 Å². The number of benzene rings is 1. The number of carboxylic acid groups (broad SMARTS) is 1. The third kappa shape index (κ3) is 4.10. The van der Waals surface area contributed by atoms with E-state index in [2.05, 4.69) is 21.2 Å². The molecule has 0 aliphatic heterocycles. The summed E-state index contributed by atoms with van der Waals surface area (Å²) in [4.78, 5) is 10.3. The van der Waals surface area contributed by atoms with Gasteiger partial charge < -0.3 is 15.2 Å². The van der Waals surface area contributed by atoms with E-state index in [9.17, 15) is 4.79 Å². The molecule has 4 nitrogen and oxygen atoms in total. The van der Waals surface area contributed by atoms with Crippen LogP contribution >= 0.6 is 15.9 Å². The van der Waals surface area contributed by atoms with Crippen LogP contribution in [-0.4, -0.2) is 24.7 Å². The van der Waals surface area contributed by atoms with Crippen LogP contribution in [0.5, 0.6) is 5.75 Å². The highest BCUT2D eigenvalue weighted by atomic mass is 79.9. The molecule has 1 aromatic carbocycles. The van der Waals surface area contributed by atoms with Gasteiger partial charge >= 0.3 is 5.97 Å². The lowest BCUT2D eigenvalue weighted by molar-refractivity contribution is -0.137. The van der Waals surface area contributed by atoms with E-state index in [1.165, 1.54) is 0 Å². The molecule has 0 saturated carbocycles. The summed E-state index contributed by atoms with van der Waals surface area (Å²) in [7, 11) is 1.61. The molecule has 0 spiro atoms. The third-order valence-corrected chi connectivity index (χ3v) is 2.75. The molecule has 0 fully saturated rings. The summed E-state index contributed by atoms with van der Waals surface area (Å²) in [5.74, 6) is -0.00422. The zero-order chi connectivity index (χ0) is 12.0. The summed E-state index contributed by atoms with van der Waals surface area (Å²) in [6.45, 7) is 0.623. The number of hydrogen-bond acceptors (Lipinski definition) is 3. The van der Waals surface area contributed by atoms with Crippen LogP contribution in [0.15, 0.2) is 22.7 Å². The number of rotatable bonds is 6. The Labute approximate surface area is 103 Å². The van der Waals surface area contributed by atoms with Gasteiger partial charge in [0.05, 0.1) is 12.8 Å². The second kappa shape index (κ2) is 6.37. The lowest BCUT2D eigenvalue weighted by Crippen LogP contribution is -2.05. The third-order valence-electron chi connectivity index (χ3n) is 2.06. The van der Waals surface area contributed by atoms with Crippen LogP contribution in [-0.2, 0) is 4.79 Å². The topological polar surface area (TPSA) is 58.6 Å². The quantitative estimate of drug-likeness (QED) is 0.790. The van der Waals surface area contributed by atoms with Gasteiger partial charge in [0.25, 0.3) is 0 Å². The first-order valence-corrected chi connectivity index (χ1v) is 5.72. The summed E-state index contributed by atoms with van der Waals surface area (Å²) in [5, 5.41) is 11.6. The van der Waals surface area contributed by atoms with E-state index in [0.29, 0.717) is 13.0 Å². The molecule has 0 saturated heterocycles. The van der Waals surface area contributed by atoms with Crippen molar-refractivity contribution in [2.24, 2.45) is 0 Å². The fourth-order valence-corrected chi connectivity index (χ4v) is 1.62. The maximum absolute atomic E-state index is 10.3.